The van der Waals surface area contributed by atoms with Crippen molar-refractivity contribution in [1.29, 1.82) is 0 Å². The molecule has 4 aromatic carbocycles. The van der Waals surface area contributed by atoms with Crippen molar-refractivity contribution in [3.05, 3.63) is 96.1 Å². The van der Waals surface area contributed by atoms with Crippen LogP contribution in [0.2, 0.25) is 0 Å². The maximum atomic E-state index is 9.69. The zero-order valence-electron chi connectivity index (χ0n) is 24.1. The molecule has 1 radical (unpaired) electrons. The van der Waals surface area contributed by atoms with Crippen LogP contribution in [0.4, 0.5) is 0 Å². The summed E-state index contributed by atoms with van der Waals surface area (Å²) < 4.78 is 2.40. The Hall–Kier alpha value is -3.30. The molecule has 0 spiro atoms. The molecule has 0 amide bonds. The zero-order chi connectivity index (χ0) is 27.5. The third-order valence-electron chi connectivity index (χ3n) is 9.27. The number of hydrogen-bond acceptors (Lipinski definition) is 1. The van der Waals surface area contributed by atoms with Gasteiger partial charge in [-0.15, -0.1) is 0 Å². The van der Waals surface area contributed by atoms with Gasteiger partial charge < -0.3 is 9.59 Å². The minimum absolute atomic E-state index is 0.110. The van der Waals surface area contributed by atoms with E-state index < -0.39 is 0 Å². The summed E-state index contributed by atoms with van der Waals surface area (Å²) in [6, 6.07) is 31.4. The van der Waals surface area contributed by atoms with Crippen LogP contribution < -0.4 is 5.46 Å². The van der Waals surface area contributed by atoms with E-state index in [0.29, 0.717) is 0 Å². The molecule has 2 nitrogen and oxygen atoms in total. The van der Waals surface area contributed by atoms with E-state index in [2.05, 4.69) is 97.3 Å². The monoisotopic (exact) mass is 526 g/mol. The SMILES string of the molecule is CCCCCCC1(CCCCCC)c2ccccc2-c2cc(-n3c4ccccc4c4cc([B]O)ccc43)ccc21. The van der Waals surface area contributed by atoms with Crippen LogP contribution in [0.1, 0.15) is 89.2 Å². The van der Waals surface area contributed by atoms with Crippen molar-refractivity contribution in [3.8, 4) is 16.8 Å². The van der Waals surface area contributed by atoms with E-state index in [1.54, 1.807) is 5.56 Å². The van der Waals surface area contributed by atoms with Gasteiger partial charge in [-0.05, 0) is 59.4 Å². The standard InChI is InChI=1S/C37H41BNO/c1-3-5-7-13-23-37(24-14-8-6-4-2)33-17-11-9-15-29(33)31-26-28(20-21-34(31)37)39-35-18-12-10-16-30(35)32-25-27(38-40)19-22-36(32)39/h9-12,15-22,25-26,40H,3-8,13-14,23-24H2,1-2H3. The average Bonchev–Trinajstić information content (AvgIpc) is 3.47. The lowest BCUT2D eigenvalue weighted by molar-refractivity contribution is 0.401. The molecule has 0 saturated heterocycles. The van der Waals surface area contributed by atoms with Gasteiger partial charge in [0.2, 0.25) is 0 Å². The minimum Gasteiger partial charge on any atom is -0.450 e. The van der Waals surface area contributed by atoms with Gasteiger partial charge in [0.25, 0.3) is 0 Å². The third kappa shape index (κ3) is 4.59. The van der Waals surface area contributed by atoms with Gasteiger partial charge >= 0.3 is 7.48 Å². The first-order valence-corrected chi connectivity index (χ1v) is 15.5. The molecular formula is C37H41BNO. The largest absolute Gasteiger partial charge is 0.450 e. The summed E-state index contributed by atoms with van der Waals surface area (Å²) in [6.07, 6.45) is 12.9. The Balaban J connectivity index is 1.51. The minimum atomic E-state index is 0.110. The Labute approximate surface area is 240 Å². The Morgan fingerprint density at radius 3 is 2.05 bits per heavy atom. The maximum Gasteiger partial charge on any atom is 0.326 e. The van der Waals surface area contributed by atoms with Crippen LogP contribution >= 0.6 is 0 Å². The van der Waals surface area contributed by atoms with Crippen molar-refractivity contribution in [2.75, 3.05) is 0 Å². The van der Waals surface area contributed by atoms with Crippen LogP contribution in [0, 0.1) is 0 Å². The van der Waals surface area contributed by atoms with E-state index in [1.807, 2.05) is 6.07 Å². The Kier molecular flexibility index (Phi) is 7.85. The van der Waals surface area contributed by atoms with E-state index >= 15 is 0 Å². The summed E-state index contributed by atoms with van der Waals surface area (Å²) in [5, 5.41) is 12.1. The summed E-state index contributed by atoms with van der Waals surface area (Å²) in [5.74, 6) is 0. The van der Waals surface area contributed by atoms with Crippen molar-refractivity contribution in [3.63, 3.8) is 0 Å². The summed E-state index contributed by atoms with van der Waals surface area (Å²) in [6.45, 7) is 4.61. The first-order valence-electron chi connectivity index (χ1n) is 15.5. The van der Waals surface area contributed by atoms with E-state index in [0.717, 1.165) is 5.46 Å². The molecule has 1 heterocycles. The molecule has 0 aliphatic heterocycles. The first-order chi connectivity index (χ1) is 19.7. The average molecular weight is 527 g/mol. The number of hydrogen-bond donors (Lipinski definition) is 1. The second-order valence-corrected chi connectivity index (χ2v) is 11.7. The number of unbranched alkanes of at least 4 members (excludes halogenated alkanes) is 6. The summed E-state index contributed by atoms with van der Waals surface area (Å²) in [4.78, 5) is 0. The molecule has 1 aliphatic rings. The lowest BCUT2D eigenvalue weighted by Gasteiger charge is -2.33. The van der Waals surface area contributed by atoms with Gasteiger partial charge in [-0.3, -0.25) is 0 Å². The number of rotatable bonds is 12. The van der Waals surface area contributed by atoms with Crippen molar-refractivity contribution in [2.45, 2.75) is 83.5 Å². The van der Waals surface area contributed by atoms with Crippen LogP contribution in [0.5, 0.6) is 0 Å². The molecule has 6 rings (SSSR count). The van der Waals surface area contributed by atoms with Gasteiger partial charge in [-0.1, -0.05) is 131 Å². The van der Waals surface area contributed by atoms with Crippen LogP contribution in [-0.2, 0) is 5.41 Å². The molecule has 1 N–H and O–H groups in total. The highest BCUT2D eigenvalue weighted by Gasteiger charge is 2.42. The van der Waals surface area contributed by atoms with E-state index in [4.69, 9.17) is 0 Å². The number of nitrogens with zero attached hydrogens (tertiary/aromatic N) is 1. The topological polar surface area (TPSA) is 25.2 Å². The Morgan fingerprint density at radius 1 is 0.625 bits per heavy atom. The van der Waals surface area contributed by atoms with Crippen molar-refractivity contribution in [1.82, 2.24) is 4.57 Å². The smallest absolute Gasteiger partial charge is 0.326 e. The maximum absolute atomic E-state index is 9.69. The molecule has 0 fully saturated rings. The number of fused-ring (bicyclic) bond motifs is 6. The second-order valence-electron chi connectivity index (χ2n) is 11.7. The third-order valence-corrected chi connectivity index (χ3v) is 9.27. The van der Waals surface area contributed by atoms with Gasteiger partial charge in [0, 0.05) is 21.9 Å². The van der Waals surface area contributed by atoms with Gasteiger partial charge in [-0.25, -0.2) is 0 Å². The molecule has 203 valence electrons. The van der Waals surface area contributed by atoms with Crippen molar-refractivity contribution in [2.24, 2.45) is 0 Å². The highest BCUT2D eigenvalue weighted by Crippen LogP contribution is 2.54. The highest BCUT2D eigenvalue weighted by atomic mass is 16.2. The second kappa shape index (κ2) is 11.7. The molecule has 0 saturated carbocycles. The van der Waals surface area contributed by atoms with Crippen LogP contribution in [0.25, 0.3) is 38.6 Å². The molecule has 1 aliphatic carbocycles. The number of aromatic nitrogens is 1. The molecular weight excluding hydrogens is 485 g/mol. The fourth-order valence-electron chi connectivity index (χ4n) is 7.31. The van der Waals surface area contributed by atoms with Crippen LogP contribution in [0.15, 0.2) is 84.9 Å². The van der Waals surface area contributed by atoms with Gasteiger partial charge in [0.05, 0.1) is 11.0 Å². The molecule has 3 heteroatoms. The normalized spacial score (nSPS) is 13.6. The first kappa shape index (κ1) is 26.9. The summed E-state index contributed by atoms with van der Waals surface area (Å²) in [5.41, 5.74) is 10.4. The van der Waals surface area contributed by atoms with Crippen molar-refractivity contribution >= 4 is 34.8 Å². The molecule has 0 unspecified atom stereocenters. The Bertz CT molecular complexity index is 1620. The Morgan fingerprint density at radius 2 is 1.30 bits per heavy atom. The van der Waals surface area contributed by atoms with Crippen LogP contribution in [0.3, 0.4) is 0 Å². The summed E-state index contributed by atoms with van der Waals surface area (Å²) >= 11 is 0. The number of benzene rings is 4. The number of para-hydroxylation sites is 1. The van der Waals surface area contributed by atoms with Crippen LogP contribution in [-0.4, -0.2) is 17.1 Å². The lowest BCUT2D eigenvalue weighted by atomic mass is 9.70. The van der Waals surface area contributed by atoms with E-state index in [1.165, 1.54) is 116 Å². The van der Waals surface area contributed by atoms with Crippen molar-refractivity contribution < 1.29 is 5.02 Å². The molecule has 5 aromatic rings. The predicted octanol–water partition coefficient (Wildman–Crippen LogP) is 9.23. The molecule has 40 heavy (non-hydrogen) atoms. The molecule has 0 atom stereocenters. The van der Waals surface area contributed by atoms with Gasteiger partial charge in [-0.2, -0.15) is 0 Å². The molecule has 0 bridgehead atoms. The van der Waals surface area contributed by atoms with E-state index in [-0.39, 0.29) is 5.41 Å². The lowest BCUT2D eigenvalue weighted by Crippen LogP contribution is -2.25. The summed E-state index contributed by atoms with van der Waals surface area (Å²) in [7, 11) is 1.19. The molecule has 1 aromatic heterocycles. The van der Waals surface area contributed by atoms with Gasteiger partial charge in [0.15, 0.2) is 0 Å². The van der Waals surface area contributed by atoms with Gasteiger partial charge in [0.1, 0.15) is 0 Å². The predicted molar refractivity (Wildman–Crippen MR) is 172 cm³/mol. The highest BCUT2D eigenvalue weighted by molar-refractivity contribution is 6.46. The zero-order valence-corrected chi connectivity index (χ0v) is 24.1. The fraction of sp³-hybridized carbons (Fsp3) is 0.351. The van der Waals surface area contributed by atoms with E-state index in [9.17, 15) is 5.02 Å². The fourth-order valence-corrected chi connectivity index (χ4v) is 7.31. The quantitative estimate of drug-likeness (QED) is 0.127.